The van der Waals surface area contributed by atoms with Crippen LogP contribution in [0.4, 0.5) is 0 Å². The number of hydrogen-bond acceptors (Lipinski definition) is 4. The van der Waals surface area contributed by atoms with Crippen LogP contribution in [-0.2, 0) is 19.0 Å². The molecule has 0 bridgehead atoms. The first kappa shape index (κ1) is 60.0. The topological polar surface area (TPSA) is 44.8 Å². The number of carbonyl (C=O) groups excluding carboxylic acids is 1. The van der Waals surface area contributed by atoms with Crippen LogP contribution in [0.3, 0.4) is 0 Å². The molecule has 0 spiro atoms. The molecule has 4 heteroatoms. The van der Waals surface area contributed by atoms with E-state index in [4.69, 9.17) is 14.2 Å². The monoisotopic (exact) mass is 875 g/mol. The molecule has 0 aliphatic carbocycles. The molecule has 0 saturated heterocycles. The predicted molar refractivity (Wildman–Crippen MR) is 278 cm³/mol. The zero-order chi connectivity index (χ0) is 45.8. The molecule has 0 amide bonds. The second-order valence-electron chi connectivity index (χ2n) is 17.8. The van der Waals surface area contributed by atoms with E-state index < -0.39 is 0 Å². The smallest absolute Gasteiger partial charge is 0.305 e. The van der Waals surface area contributed by atoms with Crippen molar-refractivity contribution in [1.29, 1.82) is 0 Å². The molecule has 1 atom stereocenters. The van der Waals surface area contributed by atoms with Gasteiger partial charge in [0, 0.05) is 19.3 Å². The summed E-state index contributed by atoms with van der Waals surface area (Å²) in [6.07, 6.45) is 69.0. The predicted octanol–water partition coefficient (Wildman–Crippen LogP) is 19.4. The average molecular weight is 875 g/mol. The third kappa shape index (κ3) is 49.9. The number of ether oxygens (including phenoxy) is 3. The van der Waals surface area contributed by atoms with Gasteiger partial charge in [-0.15, -0.1) is 0 Å². The molecule has 1 unspecified atom stereocenters. The molecule has 4 nitrogen and oxygen atoms in total. The van der Waals surface area contributed by atoms with Gasteiger partial charge >= 0.3 is 5.97 Å². The van der Waals surface area contributed by atoms with Crippen LogP contribution >= 0.6 is 0 Å². The van der Waals surface area contributed by atoms with Crippen LogP contribution in [0.5, 0.6) is 0 Å². The molecule has 0 heterocycles. The van der Waals surface area contributed by atoms with Crippen molar-refractivity contribution in [2.75, 3.05) is 13.2 Å². The Bertz CT molecular complexity index is 1190. The summed E-state index contributed by atoms with van der Waals surface area (Å²) in [5.74, 6) is 1.39. The minimum Gasteiger partial charge on any atom is -0.495 e. The van der Waals surface area contributed by atoms with Crippen molar-refractivity contribution in [3.63, 3.8) is 0 Å². The molecule has 362 valence electrons. The fraction of sp³-hybridized carbons (Fsp3) is 0.712. The molecule has 63 heavy (non-hydrogen) atoms. The maximum atomic E-state index is 12.7. The molecule has 0 fully saturated rings. The number of hydrogen-bond donors (Lipinski definition) is 0. The third-order valence-corrected chi connectivity index (χ3v) is 11.5. The molecule has 0 aliphatic rings. The molecular weight excluding hydrogens is 773 g/mol. The van der Waals surface area contributed by atoms with Crippen molar-refractivity contribution in [2.24, 2.45) is 0 Å². The number of esters is 1. The quantitative estimate of drug-likeness (QED) is 0.0201. The highest BCUT2D eigenvalue weighted by molar-refractivity contribution is 5.69. The summed E-state index contributed by atoms with van der Waals surface area (Å²) >= 11 is 0. The maximum absolute atomic E-state index is 12.7. The molecular formula is C59H102O4. The summed E-state index contributed by atoms with van der Waals surface area (Å²) in [6, 6.07) is 0. The van der Waals surface area contributed by atoms with Gasteiger partial charge in [-0.1, -0.05) is 222 Å². The summed E-state index contributed by atoms with van der Waals surface area (Å²) in [6.45, 7) is 15.6. The van der Waals surface area contributed by atoms with E-state index in [9.17, 15) is 4.79 Å². The Hall–Kier alpha value is -3.01. The van der Waals surface area contributed by atoms with Crippen LogP contribution in [0.1, 0.15) is 252 Å². The van der Waals surface area contributed by atoms with Gasteiger partial charge in [0.2, 0.25) is 0 Å². The number of carbonyl (C=O) groups is 1. The highest BCUT2D eigenvalue weighted by Gasteiger charge is 2.16. The standard InChI is InChI=1S/C59H102O4/c1-6-9-12-15-18-21-24-27-30-33-36-39-42-45-48-51-56(4)61-54-58(63-57(5)52-49-46-43-40-37-34-31-28-25-22-19-16-13-10-7-2)55-62-59(60)53-50-47-44-41-38-35-32-29-26-23-20-17-14-11-8-3/h10,13,16,19-20,22-23,25,27,29-30,32,58H,4-9,11-12,14-15,17-18,21,24,26,28,31,33-55H2,1-3H3/b13-10+,19-16+,23-20+,25-22+,30-27+,32-29+. The molecule has 0 N–H and O–H groups in total. The van der Waals surface area contributed by atoms with E-state index >= 15 is 0 Å². The fourth-order valence-electron chi connectivity index (χ4n) is 7.41. The van der Waals surface area contributed by atoms with Crippen LogP contribution in [0.25, 0.3) is 0 Å². The highest BCUT2D eigenvalue weighted by atomic mass is 16.6. The Labute approximate surface area is 392 Å². The summed E-state index contributed by atoms with van der Waals surface area (Å²) in [5.41, 5.74) is 0. The molecule has 0 aromatic heterocycles. The van der Waals surface area contributed by atoms with Crippen LogP contribution in [0.15, 0.2) is 97.6 Å². The van der Waals surface area contributed by atoms with E-state index in [2.05, 4.69) is 107 Å². The van der Waals surface area contributed by atoms with Crippen molar-refractivity contribution in [2.45, 2.75) is 258 Å². The lowest BCUT2D eigenvalue weighted by atomic mass is 10.1. The van der Waals surface area contributed by atoms with Crippen LogP contribution in [0, 0.1) is 0 Å². The van der Waals surface area contributed by atoms with E-state index in [1.807, 2.05) is 0 Å². The zero-order valence-electron chi connectivity index (χ0n) is 41.9. The van der Waals surface area contributed by atoms with Gasteiger partial charge in [-0.3, -0.25) is 4.79 Å². The van der Waals surface area contributed by atoms with E-state index in [1.54, 1.807) is 0 Å². The molecule has 0 aromatic carbocycles. The normalized spacial score (nSPS) is 12.6. The Morgan fingerprint density at radius 3 is 1.30 bits per heavy atom. The van der Waals surface area contributed by atoms with E-state index in [-0.39, 0.29) is 18.7 Å². The minimum atomic E-state index is -0.380. The fourth-order valence-corrected chi connectivity index (χ4v) is 7.41. The van der Waals surface area contributed by atoms with E-state index in [0.29, 0.717) is 13.0 Å². The van der Waals surface area contributed by atoms with Crippen LogP contribution in [0.2, 0.25) is 0 Å². The van der Waals surface area contributed by atoms with Crippen molar-refractivity contribution >= 4 is 5.97 Å². The first-order valence-electron chi connectivity index (χ1n) is 26.8. The van der Waals surface area contributed by atoms with Gasteiger partial charge in [0.25, 0.3) is 0 Å². The zero-order valence-corrected chi connectivity index (χ0v) is 41.9. The second-order valence-corrected chi connectivity index (χ2v) is 17.8. The SMILES string of the molecule is C=C(CCCCCCC/C=C/CCCCCCCC)OCC(COC(=O)CCCCCCC/C=C/C/C=C/CCCCC)OC(=C)CCCCCCCCC/C=C/C=C/C=C/CC. The number of allylic oxidation sites excluding steroid dienone is 14. The Balaban J connectivity index is 4.44. The first-order valence-corrected chi connectivity index (χ1v) is 26.8. The molecule has 0 rings (SSSR count). The summed E-state index contributed by atoms with van der Waals surface area (Å²) in [5, 5.41) is 0. The lowest BCUT2D eigenvalue weighted by Crippen LogP contribution is -2.27. The summed E-state index contributed by atoms with van der Waals surface area (Å²) in [7, 11) is 0. The summed E-state index contributed by atoms with van der Waals surface area (Å²) < 4.78 is 18.1. The third-order valence-electron chi connectivity index (χ3n) is 11.5. The maximum Gasteiger partial charge on any atom is 0.305 e. The highest BCUT2D eigenvalue weighted by Crippen LogP contribution is 2.18. The number of rotatable bonds is 49. The Morgan fingerprint density at radius 2 is 0.778 bits per heavy atom. The van der Waals surface area contributed by atoms with Gasteiger partial charge in [-0.25, -0.2) is 0 Å². The van der Waals surface area contributed by atoms with Gasteiger partial charge in [-0.05, 0) is 96.3 Å². The Kier molecular flexibility index (Phi) is 49.2. The van der Waals surface area contributed by atoms with Gasteiger partial charge in [0.1, 0.15) is 13.2 Å². The van der Waals surface area contributed by atoms with Crippen LogP contribution < -0.4 is 0 Å². The molecule has 0 saturated carbocycles. The van der Waals surface area contributed by atoms with Gasteiger partial charge in [0.05, 0.1) is 11.5 Å². The van der Waals surface area contributed by atoms with Crippen molar-refractivity contribution in [3.8, 4) is 0 Å². The molecule has 0 radical (unpaired) electrons. The minimum absolute atomic E-state index is 0.153. The van der Waals surface area contributed by atoms with E-state index in [1.165, 1.54) is 154 Å². The van der Waals surface area contributed by atoms with Crippen molar-refractivity contribution in [1.82, 2.24) is 0 Å². The van der Waals surface area contributed by atoms with Gasteiger partial charge in [-0.2, -0.15) is 0 Å². The average Bonchev–Trinajstić information content (AvgIpc) is 3.28. The molecule has 0 aliphatic heterocycles. The first-order chi connectivity index (χ1) is 31.0. The van der Waals surface area contributed by atoms with Gasteiger partial charge < -0.3 is 14.2 Å². The lowest BCUT2D eigenvalue weighted by molar-refractivity contribution is -0.148. The van der Waals surface area contributed by atoms with Crippen LogP contribution in [-0.4, -0.2) is 25.3 Å². The lowest BCUT2D eigenvalue weighted by Gasteiger charge is -2.22. The molecule has 0 aromatic rings. The van der Waals surface area contributed by atoms with Crippen molar-refractivity contribution < 1.29 is 19.0 Å². The largest absolute Gasteiger partial charge is 0.495 e. The Morgan fingerprint density at radius 1 is 0.397 bits per heavy atom. The summed E-state index contributed by atoms with van der Waals surface area (Å²) in [4.78, 5) is 12.7. The van der Waals surface area contributed by atoms with Gasteiger partial charge in [0.15, 0.2) is 6.10 Å². The van der Waals surface area contributed by atoms with E-state index in [0.717, 1.165) is 82.1 Å². The van der Waals surface area contributed by atoms with Crippen molar-refractivity contribution in [3.05, 3.63) is 97.6 Å². The second kappa shape index (κ2) is 51.6. The number of unbranched alkanes of at least 4 members (excludes halogenated alkanes) is 26.